The minimum atomic E-state index is 0.267. The number of imidazole rings is 1. The van der Waals surface area contributed by atoms with Gasteiger partial charge in [0.15, 0.2) is 0 Å². The molecule has 1 unspecified atom stereocenters. The van der Waals surface area contributed by atoms with Crippen LogP contribution in [0.5, 0.6) is 0 Å². The van der Waals surface area contributed by atoms with Crippen LogP contribution in [0.25, 0.3) is 11.0 Å². The third kappa shape index (κ3) is 3.74. The van der Waals surface area contributed by atoms with E-state index in [1.165, 1.54) is 0 Å². The largest absolute Gasteiger partial charge is 0.369 e. The molecule has 6 heteroatoms. The van der Waals surface area contributed by atoms with E-state index in [4.69, 9.17) is 32.9 Å². The van der Waals surface area contributed by atoms with Crippen molar-refractivity contribution in [3.05, 3.63) is 63.9 Å². The van der Waals surface area contributed by atoms with Gasteiger partial charge in [0.25, 0.3) is 0 Å². The molecule has 1 atom stereocenters. The minimum Gasteiger partial charge on any atom is -0.369 e. The van der Waals surface area contributed by atoms with Gasteiger partial charge in [-0.1, -0.05) is 35.3 Å². The smallest absolute Gasteiger partial charge is 0.136 e. The summed E-state index contributed by atoms with van der Waals surface area (Å²) in [6.45, 7) is 3.16. The first kappa shape index (κ1) is 17.8. The average molecular weight is 390 g/mol. The Balaban J connectivity index is 1.64. The second-order valence-electron chi connectivity index (χ2n) is 6.82. The summed E-state index contributed by atoms with van der Waals surface area (Å²) in [7, 11) is 2.12. The molecule has 4 nitrogen and oxygen atoms in total. The lowest BCUT2D eigenvalue weighted by molar-refractivity contribution is 0.0431. The summed E-state index contributed by atoms with van der Waals surface area (Å²) in [6.07, 6.45) is 1.33. The molecule has 2 aromatic carbocycles. The predicted molar refractivity (Wildman–Crippen MR) is 106 cm³/mol. The molecule has 0 radical (unpaired) electrons. The fourth-order valence-corrected chi connectivity index (χ4v) is 3.84. The number of likely N-dealkylation sites (tertiary alicyclic amines) is 1. The number of benzene rings is 2. The fourth-order valence-electron chi connectivity index (χ4n) is 3.47. The van der Waals surface area contributed by atoms with Crippen LogP contribution in [0.1, 0.15) is 17.8 Å². The van der Waals surface area contributed by atoms with Crippen molar-refractivity contribution in [2.45, 2.75) is 25.7 Å². The molecule has 2 heterocycles. The lowest BCUT2D eigenvalue weighted by Crippen LogP contribution is -2.20. The highest BCUT2D eigenvalue weighted by molar-refractivity contribution is 6.33. The van der Waals surface area contributed by atoms with Crippen LogP contribution in [-0.4, -0.2) is 40.7 Å². The van der Waals surface area contributed by atoms with Crippen molar-refractivity contribution in [2.24, 2.45) is 0 Å². The standard InChI is InChI=1S/C20H21Cl2N3O/c1-24-9-8-16(12-24)26-13-20-23-18-4-2-3-5-19(18)25(20)11-14-10-15(21)6-7-17(14)22/h2-7,10,16H,8-9,11-13H2,1H3. The zero-order chi connectivity index (χ0) is 18.1. The molecule has 0 spiro atoms. The Bertz CT molecular complexity index is 925. The second-order valence-corrected chi connectivity index (χ2v) is 7.67. The molecule has 4 rings (SSSR count). The van der Waals surface area contributed by atoms with Gasteiger partial charge >= 0.3 is 0 Å². The summed E-state index contributed by atoms with van der Waals surface area (Å²) in [4.78, 5) is 7.08. The maximum absolute atomic E-state index is 6.38. The number of hydrogen-bond donors (Lipinski definition) is 0. The number of hydrogen-bond acceptors (Lipinski definition) is 3. The van der Waals surface area contributed by atoms with Gasteiger partial charge in [0, 0.05) is 23.1 Å². The van der Waals surface area contributed by atoms with Crippen molar-refractivity contribution in [3.8, 4) is 0 Å². The molecule has 26 heavy (non-hydrogen) atoms. The van der Waals surface area contributed by atoms with Crippen molar-refractivity contribution in [1.29, 1.82) is 0 Å². The van der Waals surface area contributed by atoms with E-state index < -0.39 is 0 Å². The molecule has 0 N–H and O–H groups in total. The Morgan fingerprint density at radius 1 is 1.19 bits per heavy atom. The number of likely N-dealkylation sites (N-methyl/N-ethyl adjacent to an activating group) is 1. The van der Waals surface area contributed by atoms with Gasteiger partial charge in [-0.05, 0) is 49.4 Å². The Morgan fingerprint density at radius 2 is 2.04 bits per heavy atom. The second kappa shape index (κ2) is 7.57. The summed E-state index contributed by atoms with van der Waals surface area (Å²) in [5.41, 5.74) is 3.02. The van der Waals surface area contributed by atoms with Crippen LogP contribution in [0, 0.1) is 0 Å². The third-order valence-electron chi connectivity index (χ3n) is 4.87. The average Bonchev–Trinajstić information content (AvgIpc) is 3.20. The Labute approximate surface area is 163 Å². The van der Waals surface area contributed by atoms with Crippen molar-refractivity contribution >= 4 is 34.2 Å². The molecular weight excluding hydrogens is 369 g/mol. The summed E-state index contributed by atoms with van der Waals surface area (Å²) in [5, 5.41) is 1.39. The molecule has 1 aliphatic rings. The van der Waals surface area contributed by atoms with Gasteiger partial charge in [0.2, 0.25) is 0 Å². The van der Waals surface area contributed by atoms with E-state index in [9.17, 15) is 0 Å². The van der Waals surface area contributed by atoms with Crippen molar-refractivity contribution in [3.63, 3.8) is 0 Å². The Kier molecular flexibility index (Phi) is 5.18. The van der Waals surface area contributed by atoms with Crippen molar-refractivity contribution in [2.75, 3.05) is 20.1 Å². The summed E-state index contributed by atoms with van der Waals surface area (Å²) in [5.74, 6) is 0.914. The number of ether oxygens (including phenoxy) is 1. The Hall–Kier alpha value is -1.59. The van der Waals surface area contributed by atoms with Crippen LogP contribution < -0.4 is 0 Å². The van der Waals surface area contributed by atoms with E-state index in [-0.39, 0.29) is 6.10 Å². The van der Waals surface area contributed by atoms with Gasteiger partial charge in [-0.15, -0.1) is 0 Å². The van der Waals surface area contributed by atoms with Gasteiger partial charge in [0.1, 0.15) is 12.4 Å². The molecule has 1 fully saturated rings. The number of aromatic nitrogens is 2. The molecule has 136 valence electrons. The van der Waals surface area contributed by atoms with Crippen molar-refractivity contribution < 1.29 is 4.74 Å². The summed E-state index contributed by atoms with van der Waals surface area (Å²) >= 11 is 12.5. The van der Waals surface area contributed by atoms with Crippen LogP contribution in [0.4, 0.5) is 0 Å². The van der Waals surface area contributed by atoms with Crippen LogP contribution in [0.15, 0.2) is 42.5 Å². The maximum atomic E-state index is 6.38. The number of halogens is 2. The van der Waals surface area contributed by atoms with Crippen LogP contribution in [0.2, 0.25) is 10.0 Å². The summed E-state index contributed by atoms with van der Waals surface area (Å²) < 4.78 is 8.31. The highest BCUT2D eigenvalue weighted by Crippen LogP contribution is 2.25. The first-order valence-corrected chi connectivity index (χ1v) is 9.54. The van der Waals surface area contributed by atoms with E-state index in [2.05, 4.69) is 22.6 Å². The van der Waals surface area contributed by atoms with Crippen LogP contribution in [0.3, 0.4) is 0 Å². The number of nitrogens with zero attached hydrogens (tertiary/aromatic N) is 3. The topological polar surface area (TPSA) is 30.3 Å². The monoisotopic (exact) mass is 389 g/mol. The van der Waals surface area contributed by atoms with E-state index in [1.54, 1.807) is 6.07 Å². The maximum Gasteiger partial charge on any atom is 0.136 e. The normalized spacial score (nSPS) is 18.0. The molecule has 0 bridgehead atoms. The van der Waals surface area contributed by atoms with E-state index in [0.717, 1.165) is 41.9 Å². The molecule has 1 saturated heterocycles. The lowest BCUT2D eigenvalue weighted by Gasteiger charge is -2.14. The Morgan fingerprint density at radius 3 is 2.85 bits per heavy atom. The molecular formula is C20H21Cl2N3O. The van der Waals surface area contributed by atoms with Gasteiger partial charge in [-0.2, -0.15) is 0 Å². The quantitative estimate of drug-likeness (QED) is 0.637. The zero-order valence-electron chi connectivity index (χ0n) is 14.7. The fraction of sp³-hybridized carbons (Fsp3) is 0.350. The predicted octanol–water partition coefficient (Wildman–Crippen LogP) is 4.61. The van der Waals surface area contributed by atoms with Gasteiger partial charge < -0.3 is 14.2 Å². The van der Waals surface area contributed by atoms with E-state index >= 15 is 0 Å². The van der Waals surface area contributed by atoms with E-state index in [0.29, 0.717) is 23.2 Å². The first-order chi connectivity index (χ1) is 12.6. The molecule has 0 aliphatic carbocycles. The van der Waals surface area contributed by atoms with Gasteiger partial charge in [-0.25, -0.2) is 4.98 Å². The number of para-hydroxylation sites is 2. The van der Waals surface area contributed by atoms with Gasteiger partial charge in [0.05, 0.1) is 23.7 Å². The van der Waals surface area contributed by atoms with Crippen LogP contribution in [-0.2, 0) is 17.9 Å². The highest BCUT2D eigenvalue weighted by atomic mass is 35.5. The van der Waals surface area contributed by atoms with Crippen LogP contribution >= 0.6 is 23.2 Å². The van der Waals surface area contributed by atoms with Crippen molar-refractivity contribution in [1.82, 2.24) is 14.5 Å². The SMILES string of the molecule is CN1CCC(OCc2nc3ccccc3n2Cc2cc(Cl)ccc2Cl)C1. The number of fused-ring (bicyclic) bond motifs is 1. The van der Waals surface area contributed by atoms with E-state index in [1.807, 2.05) is 30.3 Å². The first-order valence-electron chi connectivity index (χ1n) is 8.78. The zero-order valence-corrected chi connectivity index (χ0v) is 16.2. The minimum absolute atomic E-state index is 0.267. The number of rotatable bonds is 5. The lowest BCUT2D eigenvalue weighted by atomic mass is 10.2. The molecule has 1 aromatic heterocycles. The molecule has 3 aromatic rings. The highest BCUT2D eigenvalue weighted by Gasteiger charge is 2.21. The molecule has 0 amide bonds. The molecule has 0 saturated carbocycles. The van der Waals surface area contributed by atoms with Gasteiger partial charge in [-0.3, -0.25) is 0 Å². The molecule has 1 aliphatic heterocycles. The third-order valence-corrected chi connectivity index (χ3v) is 5.47. The summed E-state index contributed by atoms with van der Waals surface area (Å²) in [6, 6.07) is 13.7.